The molecule has 1 atom stereocenters. The Morgan fingerprint density at radius 1 is 1.08 bits per heavy atom. The molecule has 142 valence electrons. The fourth-order valence-corrected chi connectivity index (χ4v) is 2.75. The maximum atomic E-state index is 13.1. The first-order chi connectivity index (χ1) is 12.4. The van der Waals surface area contributed by atoms with Crippen LogP contribution in [0.2, 0.25) is 10.0 Å². The van der Waals surface area contributed by atoms with Gasteiger partial charge in [0.15, 0.2) is 11.5 Å². The Labute approximate surface area is 162 Å². The van der Waals surface area contributed by atoms with Gasteiger partial charge in [0.05, 0.1) is 17.7 Å². The Morgan fingerprint density at radius 3 is 2.42 bits per heavy atom. The summed E-state index contributed by atoms with van der Waals surface area (Å²) in [5.41, 5.74) is 1.50. The van der Waals surface area contributed by atoms with Crippen LogP contribution < -0.4 is 14.8 Å². The molecule has 2 N–H and O–H groups in total. The van der Waals surface area contributed by atoms with E-state index in [-0.39, 0.29) is 6.61 Å². The molecule has 0 aromatic heterocycles. The molecule has 2 aromatic rings. The van der Waals surface area contributed by atoms with Gasteiger partial charge in [-0.15, -0.1) is 0 Å². The third-order valence-electron chi connectivity index (χ3n) is 3.57. The highest BCUT2D eigenvalue weighted by Crippen LogP contribution is 2.34. The molecular weight excluding hydrogens is 380 g/mol. The Bertz CT molecular complexity index is 741. The highest BCUT2D eigenvalue weighted by molar-refractivity contribution is 6.31. The standard InChI is InChI=1S/C19H22Cl2FNO3/c1-3-25-18-6-14(10-23-9-12(2)24)17(21)8-19(18)26-11-13-4-5-15(22)7-16(13)20/h4-8,12,23-24H,3,9-11H2,1-2H3. The topological polar surface area (TPSA) is 50.7 Å². The maximum Gasteiger partial charge on any atom is 0.163 e. The number of benzene rings is 2. The summed E-state index contributed by atoms with van der Waals surface area (Å²) in [7, 11) is 0. The van der Waals surface area contributed by atoms with Gasteiger partial charge >= 0.3 is 0 Å². The molecule has 1 unspecified atom stereocenters. The average Bonchev–Trinajstić information content (AvgIpc) is 2.57. The smallest absolute Gasteiger partial charge is 0.163 e. The summed E-state index contributed by atoms with van der Waals surface area (Å²) in [6.45, 7) is 5.17. The van der Waals surface area contributed by atoms with Crippen LogP contribution in [0.4, 0.5) is 4.39 Å². The molecule has 0 saturated heterocycles. The molecule has 0 spiro atoms. The first-order valence-electron chi connectivity index (χ1n) is 8.31. The van der Waals surface area contributed by atoms with Gasteiger partial charge in [-0.3, -0.25) is 0 Å². The molecule has 2 aromatic carbocycles. The van der Waals surface area contributed by atoms with E-state index in [9.17, 15) is 9.50 Å². The van der Waals surface area contributed by atoms with E-state index < -0.39 is 11.9 Å². The van der Waals surface area contributed by atoms with E-state index in [2.05, 4.69) is 5.32 Å². The van der Waals surface area contributed by atoms with Crippen molar-refractivity contribution in [1.29, 1.82) is 0 Å². The molecule has 2 rings (SSSR count). The molecule has 0 amide bonds. The van der Waals surface area contributed by atoms with Gasteiger partial charge in [0.2, 0.25) is 0 Å². The fraction of sp³-hybridized carbons (Fsp3) is 0.368. The van der Waals surface area contributed by atoms with Crippen molar-refractivity contribution in [2.24, 2.45) is 0 Å². The summed E-state index contributed by atoms with van der Waals surface area (Å²) in [5.74, 6) is 0.645. The minimum atomic E-state index is -0.441. The highest BCUT2D eigenvalue weighted by atomic mass is 35.5. The first-order valence-corrected chi connectivity index (χ1v) is 9.07. The van der Waals surface area contributed by atoms with Crippen LogP contribution in [0.3, 0.4) is 0 Å². The van der Waals surface area contributed by atoms with Gasteiger partial charge in [-0.25, -0.2) is 4.39 Å². The van der Waals surface area contributed by atoms with Crippen molar-refractivity contribution in [3.8, 4) is 11.5 Å². The molecule has 0 fully saturated rings. The molecule has 0 radical (unpaired) electrons. The van der Waals surface area contributed by atoms with Crippen LogP contribution in [-0.4, -0.2) is 24.4 Å². The Kier molecular flexibility index (Phi) is 7.97. The van der Waals surface area contributed by atoms with Crippen LogP contribution in [0.5, 0.6) is 11.5 Å². The molecule has 0 aliphatic rings. The molecular formula is C19H22Cl2FNO3. The number of aliphatic hydroxyl groups is 1. The van der Waals surface area contributed by atoms with Crippen molar-refractivity contribution in [3.63, 3.8) is 0 Å². The maximum absolute atomic E-state index is 13.1. The van der Waals surface area contributed by atoms with Crippen LogP contribution in [0.15, 0.2) is 30.3 Å². The summed E-state index contributed by atoms with van der Waals surface area (Å²) in [5, 5.41) is 13.3. The minimum absolute atomic E-state index is 0.162. The second-order valence-corrected chi connectivity index (χ2v) is 6.64. The monoisotopic (exact) mass is 401 g/mol. The summed E-state index contributed by atoms with van der Waals surface area (Å²) in [6, 6.07) is 7.64. The van der Waals surface area contributed by atoms with Crippen molar-refractivity contribution in [2.75, 3.05) is 13.2 Å². The van der Waals surface area contributed by atoms with Crippen LogP contribution in [0, 0.1) is 5.82 Å². The molecule has 4 nitrogen and oxygen atoms in total. The first kappa shape index (κ1) is 20.8. The summed E-state index contributed by atoms with van der Waals surface area (Å²) >= 11 is 12.4. The van der Waals surface area contributed by atoms with E-state index in [1.807, 2.05) is 13.0 Å². The van der Waals surface area contributed by atoms with E-state index in [0.29, 0.717) is 46.8 Å². The lowest BCUT2D eigenvalue weighted by Gasteiger charge is -2.16. The van der Waals surface area contributed by atoms with Crippen molar-refractivity contribution in [2.45, 2.75) is 33.1 Å². The largest absolute Gasteiger partial charge is 0.490 e. The van der Waals surface area contributed by atoms with Crippen molar-refractivity contribution < 1.29 is 19.0 Å². The van der Waals surface area contributed by atoms with E-state index in [1.54, 1.807) is 19.1 Å². The lowest BCUT2D eigenvalue weighted by atomic mass is 10.2. The van der Waals surface area contributed by atoms with Crippen LogP contribution in [0.25, 0.3) is 0 Å². The second kappa shape index (κ2) is 9.97. The fourth-order valence-electron chi connectivity index (χ4n) is 2.30. The van der Waals surface area contributed by atoms with Crippen LogP contribution in [0.1, 0.15) is 25.0 Å². The summed E-state index contributed by atoms with van der Waals surface area (Å²) in [6.07, 6.45) is -0.441. The lowest BCUT2D eigenvalue weighted by Crippen LogP contribution is -2.24. The normalized spacial score (nSPS) is 12.1. The van der Waals surface area contributed by atoms with Crippen LogP contribution >= 0.6 is 23.2 Å². The van der Waals surface area contributed by atoms with Gasteiger partial charge in [0, 0.05) is 29.7 Å². The number of aliphatic hydroxyl groups excluding tert-OH is 1. The van der Waals surface area contributed by atoms with Crippen molar-refractivity contribution >= 4 is 23.2 Å². The van der Waals surface area contributed by atoms with E-state index in [0.717, 1.165) is 5.56 Å². The molecule has 0 aliphatic heterocycles. The van der Waals surface area contributed by atoms with Gasteiger partial charge in [-0.1, -0.05) is 29.3 Å². The number of hydrogen-bond donors (Lipinski definition) is 2. The summed E-state index contributed by atoms with van der Waals surface area (Å²) < 4.78 is 24.6. The molecule has 0 aliphatic carbocycles. The Hall–Kier alpha value is -1.53. The molecule has 0 bridgehead atoms. The minimum Gasteiger partial charge on any atom is -0.490 e. The van der Waals surface area contributed by atoms with E-state index in [4.69, 9.17) is 32.7 Å². The molecule has 0 saturated carbocycles. The predicted octanol–water partition coefficient (Wildman–Crippen LogP) is 4.58. The van der Waals surface area contributed by atoms with E-state index in [1.165, 1.54) is 12.1 Å². The number of hydrogen-bond acceptors (Lipinski definition) is 4. The number of nitrogens with one attached hydrogen (secondary N) is 1. The quantitative estimate of drug-likeness (QED) is 0.645. The highest BCUT2D eigenvalue weighted by Gasteiger charge is 2.13. The van der Waals surface area contributed by atoms with E-state index >= 15 is 0 Å². The Balaban J connectivity index is 2.14. The van der Waals surface area contributed by atoms with Gasteiger partial charge in [-0.2, -0.15) is 0 Å². The summed E-state index contributed by atoms with van der Waals surface area (Å²) in [4.78, 5) is 0. The molecule has 0 heterocycles. The van der Waals surface area contributed by atoms with Gasteiger partial charge in [0.1, 0.15) is 12.4 Å². The van der Waals surface area contributed by atoms with Gasteiger partial charge in [-0.05, 0) is 37.6 Å². The Morgan fingerprint density at radius 2 is 1.77 bits per heavy atom. The SMILES string of the molecule is CCOc1cc(CNCC(C)O)c(Cl)cc1OCc1ccc(F)cc1Cl. The molecule has 7 heteroatoms. The van der Waals surface area contributed by atoms with Crippen molar-refractivity contribution in [1.82, 2.24) is 5.32 Å². The van der Waals surface area contributed by atoms with Gasteiger partial charge in [0.25, 0.3) is 0 Å². The average molecular weight is 402 g/mol. The zero-order valence-electron chi connectivity index (χ0n) is 14.7. The third kappa shape index (κ3) is 6.02. The number of rotatable bonds is 9. The van der Waals surface area contributed by atoms with Gasteiger partial charge < -0.3 is 19.9 Å². The second-order valence-electron chi connectivity index (χ2n) is 5.83. The zero-order valence-corrected chi connectivity index (χ0v) is 16.2. The van der Waals surface area contributed by atoms with Crippen molar-refractivity contribution in [3.05, 3.63) is 57.3 Å². The molecule has 26 heavy (non-hydrogen) atoms. The number of ether oxygens (including phenoxy) is 2. The predicted molar refractivity (Wildman–Crippen MR) is 102 cm³/mol. The van der Waals surface area contributed by atoms with Crippen LogP contribution in [-0.2, 0) is 13.2 Å². The zero-order chi connectivity index (χ0) is 19.1. The lowest BCUT2D eigenvalue weighted by molar-refractivity contribution is 0.191. The number of halogens is 3. The third-order valence-corrected chi connectivity index (χ3v) is 4.27.